The molecule has 1 aromatic carbocycles. The van der Waals surface area contributed by atoms with Crippen LogP contribution in [0, 0.1) is 11.6 Å². The Balaban J connectivity index is 2.94. The minimum Gasteiger partial charge on any atom is -0.354 e. The topological polar surface area (TPSA) is 44.5 Å². The van der Waals surface area contributed by atoms with Crippen molar-refractivity contribution in [3.63, 3.8) is 0 Å². The Morgan fingerprint density at radius 2 is 1.80 bits per heavy atom. The molecule has 1 unspecified atom stereocenters. The van der Waals surface area contributed by atoms with Crippen LogP contribution in [0.1, 0.15) is 11.6 Å². The summed E-state index contributed by atoms with van der Waals surface area (Å²) in [6, 6.07) is 2.40. The number of halogens is 2. The van der Waals surface area contributed by atoms with Gasteiger partial charge >= 0.3 is 0 Å². The molecule has 5 heteroatoms. The van der Waals surface area contributed by atoms with Crippen LogP contribution in [0.15, 0.2) is 18.2 Å². The number of hydrogen-bond acceptors (Lipinski definition) is 3. The van der Waals surface area contributed by atoms with Gasteiger partial charge in [0, 0.05) is 25.8 Å². The van der Waals surface area contributed by atoms with Crippen molar-refractivity contribution in [2.75, 3.05) is 14.2 Å². The zero-order chi connectivity index (χ0) is 11.4. The van der Waals surface area contributed by atoms with Crippen LogP contribution in [0.25, 0.3) is 0 Å². The lowest BCUT2D eigenvalue weighted by Gasteiger charge is -2.21. The summed E-state index contributed by atoms with van der Waals surface area (Å²) in [5.41, 5.74) is 5.86. The first-order chi connectivity index (χ1) is 7.10. The smallest absolute Gasteiger partial charge is 0.176 e. The van der Waals surface area contributed by atoms with Gasteiger partial charge in [-0.05, 0) is 6.07 Å². The van der Waals surface area contributed by atoms with Gasteiger partial charge < -0.3 is 15.2 Å². The van der Waals surface area contributed by atoms with Crippen molar-refractivity contribution in [3.05, 3.63) is 35.4 Å². The molecule has 0 amide bonds. The van der Waals surface area contributed by atoms with Crippen LogP contribution in [-0.2, 0) is 9.47 Å². The Bertz CT molecular complexity index is 329. The summed E-state index contributed by atoms with van der Waals surface area (Å²) in [5.74, 6) is -1.35. The zero-order valence-corrected chi connectivity index (χ0v) is 8.54. The third-order valence-corrected chi connectivity index (χ3v) is 2.08. The molecule has 3 nitrogen and oxygen atoms in total. The van der Waals surface area contributed by atoms with Crippen molar-refractivity contribution in [2.24, 2.45) is 5.73 Å². The van der Waals surface area contributed by atoms with E-state index in [-0.39, 0.29) is 5.56 Å². The molecular formula is C10H13F2NO2. The van der Waals surface area contributed by atoms with E-state index < -0.39 is 24.0 Å². The van der Waals surface area contributed by atoms with Gasteiger partial charge in [0.15, 0.2) is 6.29 Å². The quantitative estimate of drug-likeness (QED) is 0.779. The van der Waals surface area contributed by atoms with Crippen LogP contribution in [0.3, 0.4) is 0 Å². The lowest BCUT2D eigenvalue weighted by atomic mass is 10.1. The predicted molar refractivity (Wildman–Crippen MR) is 51.1 cm³/mol. The molecule has 0 saturated carbocycles. The number of nitrogens with two attached hydrogens (primary N) is 1. The number of benzene rings is 1. The Kier molecular flexibility index (Phi) is 4.14. The first kappa shape index (κ1) is 12.0. The van der Waals surface area contributed by atoms with E-state index in [0.717, 1.165) is 12.1 Å². The molecule has 0 bridgehead atoms. The van der Waals surface area contributed by atoms with Gasteiger partial charge in [-0.2, -0.15) is 0 Å². The van der Waals surface area contributed by atoms with Crippen LogP contribution in [0.5, 0.6) is 0 Å². The molecule has 1 atom stereocenters. The molecular weight excluding hydrogens is 204 g/mol. The molecule has 0 aliphatic rings. The third kappa shape index (κ3) is 2.71. The fraction of sp³-hybridized carbons (Fsp3) is 0.400. The van der Waals surface area contributed by atoms with Gasteiger partial charge in [-0.3, -0.25) is 0 Å². The average molecular weight is 217 g/mol. The number of methoxy groups -OCH3 is 2. The summed E-state index contributed by atoms with van der Waals surface area (Å²) in [6.45, 7) is 0. The fourth-order valence-corrected chi connectivity index (χ4v) is 1.31. The second-order valence-electron chi connectivity index (χ2n) is 3.03. The highest BCUT2D eigenvalue weighted by Gasteiger charge is 2.21. The third-order valence-electron chi connectivity index (χ3n) is 2.08. The Labute approximate surface area is 86.8 Å². The molecule has 15 heavy (non-hydrogen) atoms. The Morgan fingerprint density at radius 3 is 2.27 bits per heavy atom. The minimum atomic E-state index is -0.791. The SMILES string of the molecule is COC(OC)C(N)c1ccc(F)cc1F. The monoisotopic (exact) mass is 217 g/mol. The van der Waals surface area contributed by atoms with Crippen molar-refractivity contribution >= 4 is 0 Å². The van der Waals surface area contributed by atoms with Gasteiger partial charge in [-0.25, -0.2) is 8.78 Å². The van der Waals surface area contributed by atoms with E-state index in [4.69, 9.17) is 15.2 Å². The molecule has 0 saturated heterocycles. The summed E-state index contributed by atoms with van der Waals surface area (Å²) in [4.78, 5) is 0. The van der Waals surface area contributed by atoms with Crippen LogP contribution in [0.4, 0.5) is 8.78 Å². The molecule has 1 aromatic rings. The van der Waals surface area contributed by atoms with Crippen molar-refractivity contribution < 1.29 is 18.3 Å². The summed E-state index contributed by atoms with van der Waals surface area (Å²) in [6.07, 6.45) is -0.759. The van der Waals surface area contributed by atoms with Crippen molar-refractivity contribution in [2.45, 2.75) is 12.3 Å². The van der Waals surface area contributed by atoms with E-state index in [1.165, 1.54) is 20.3 Å². The van der Waals surface area contributed by atoms with Crippen LogP contribution in [0.2, 0.25) is 0 Å². The number of ether oxygens (including phenoxy) is 2. The van der Waals surface area contributed by atoms with E-state index in [9.17, 15) is 8.78 Å². The molecule has 0 aromatic heterocycles. The Hall–Kier alpha value is -1.04. The van der Waals surface area contributed by atoms with E-state index in [0.29, 0.717) is 0 Å². The van der Waals surface area contributed by atoms with Crippen LogP contribution >= 0.6 is 0 Å². The molecule has 0 heterocycles. The van der Waals surface area contributed by atoms with Crippen molar-refractivity contribution in [1.29, 1.82) is 0 Å². The van der Waals surface area contributed by atoms with Gasteiger partial charge in [0.05, 0.1) is 6.04 Å². The predicted octanol–water partition coefficient (Wildman–Crippen LogP) is 1.58. The Morgan fingerprint density at radius 1 is 1.20 bits per heavy atom. The number of hydrogen-bond donors (Lipinski definition) is 1. The summed E-state index contributed by atoms with van der Waals surface area (Å²) in [5, 5.41) is 0. The van der Waals surface area contributed by atoms with Gasteiger partial charge in [-0.1, -0.05) is 6.07 Å². The maximum absolute atomic E-state index is 13.3. The zero-order valence-electron chi connectivity index (χ0n) is 8.54. The lowest BCUT2D eigenvalue weighted by Crippen LogP contribution is -2.30. The first-order valence-corrected chi connectivity index (χ1v) is 4.36. The van der Waals surface area contributed by atoms with Gasteiger partial charge in [-0.15, -0.1) is 0 Å². The second kappa shape index (κ2) is 5.16. The van der Waals surface area contributed by atoms with Gasteiger partial charge in [0.25, 0.3) is 0 Å². The normalized spacial score (nSPS) is 13.2. The van der Waals surface area contributed by atoms with E-state index in [1.54, 1.807) is 0 Å². The van der Waals surface area contributed by atoms with Crippen LogP contribution < -0.4 is 5.73 Å². The number of rotatable bonds is 4. The molecule has 2 N–H and O–H groups in total. The highest BCUT2D eigenvalue weighted by atomic mass is 19.1. The van der Waals surface area contributed by atoms with E-state index in [2.05, 4.69) is 0 Å². The summed E-state index contributed by atoms with van der Waals surface area (Å²) < 4.78 is 35.7. The van der Waals surface area contributed by atoms with Gasteiger partial charge in [0.1, 0.15) is 11.6 Å². The maximum atomic E-state index is 13.3. The van der Waals surface area contributed by atoms with E-state index in [1.807, 2.05) is 0 Å². The van der Waals surface area contributed by atoms with Gasteiger partial charge in [0.2, 0.25) is 0 Å². The molecule has 0 aliphatic heterocycles. The molecule has 0 radical (unpaired) electrons. The molecule has 0 aliphatic carbocycles. The lowest BCUT2D eigenvalue weighted by molar-refractivity contribution is -0.117. The minimum absolute atomic E-state index is 0.158. The van der Waals surface area contributed by atoms with E-state index >= 15 is 0 Å². The van der Waals surface area contributed by atoms with Crippen molar-refractivity contribution in [1.82, 2.24) is 0 Å². The van der Waals surface area contributed by atoms with Crippen LogP contribution in [-0.4, -0.2) is 20.5 Å². The maximum Gasteiger partial charge on any atom is 0.176 e. The van der Waals surface area contributed by atoms with Crippen molar-refractivity contribution in [3.8, 4) is 0 Å². The highest BCUT2D eigenvalue weighted by Crippen LogP contribution is 2.20. The fourth-order valence-electron chi connectivity index (χ4n) is 1.31. The standard InChI is InChI=1S/C10H13F2NO2/c1-14-10(15-2)9(13)7-4-3-6(11)5-8(7)12/h3-5,9-10H,13H2,1-2H3. The second-order valence-corrected chi connectivity index (χ2v) is 3.03. The average Bonchev–Trinajstić information content (AvgIpc) is 2.19. The molecule has 1 rings (SSSR count). The molecule has 0 spiro atoms. The first-order valence-electron chi connectivity index (χ1n) is 4.36. The molecule has 84 valence electrons. The largest absolute Gasteiger partial charge is 0.354 e. The summed E-state index contributed by atoms with van der Waals surface area (Å²) >= 11 is 0. The highest BCUT2D eigenvalue weighted by molar-refractivity contribution is 5.22. The summed E-state index contributed by atoms with van der Waals surface area (Å²) in [7, 11) is 2.80. The molecule has 0 fully saturated rings.